The van der Waals surface area contributed by atoms with Crippen molar-refractivity contribution in [1.29, 1.82) is 0 Å². The Morgan fingerprint density at radius 3 is 0.726 bits per heavy atom. The van der Waals surface area contributed by atoms with Crippen LogP contribution in [0.15, 0.2) is 170 Å². The Balaban J connectivity index is 1.27. The molecule has 22 heteroatoms. The van der Waals surface area contributed by atoms with Gasteiger partial charge in [-0.2, -0.15) is 0 Å². The van der Waals surface area contributed by atoms with Crippen LogP contribution in [0.4, 0.5) is 0 Å². The Bertz CT molecular complexity index is 4540. The number of amides is 4. The third kappa shape index (κ3) is 15.6. The minimum atomic E-state index is -1.70. The highest BCUT2D eigenvalue weighted by Gasteiger charge is 2.46. The van der Waals surface area contributed by atoms with Crippen molar-refractivity contribution >= 4 is 103 Å². The fourth-order valence-corrected chi connectivity index (χ4v) is 12.9. The van der Waals surface area contributed by atoms with Crippen molar-refractivity contribution in [3.05, 3.63) is 214 Å². The van der Waals surface area contributed by atoms with Gasteiger partial charge < -0.3 is 48.1 Å². The number of carboxylic acids is 2. The predicted octanol–water partition coefficient (Wildman–Crippen LogP) is 15.7. The minimum absolute atomic E-state index is 0.00427. The summed E-state index contributed by atoms with van der Waals surface area (Å²) in [6.45, 7) is 27.8. The first-order valence-corrected chi connectivity index (χ1v) is 34.4. The van der Waals surface area contributed by atoms with E-state index < -0.39 is 71.5 Å². The molecule has 0 radical (unpaired) electrons. The van der Waals surface area contributed by atoms with Crippen molar-refractivity contribution in [2.45, 2.75) is 106 Å². The first-order chi connectivity index (χ1) is 50.5. The second-order valence-corrected chi connectivity index (χ2v) is 27.3. The molecule has 4 amide bonds. The molecule has 2 heterocycles. The number of aliphatic carboxylic acids is 2. The van der Waals surface area contributed by atoms with Crippen LogP contribution in [0, 0.1) is 11.8 Å². The van der Waals surface area contributed by atoms with Gasteiger partial charge in [-0.25, -0.2) is 28.8 Å². The standard InChI is InChI=1S/C84H78N2O20/c1-43(2)37-61(79(91)92)85-75(87)57-39-63(103-53-21-13-49(14-22-53)29-33-99-81(95)45(5)6)69-71-65(105-55-25-17-51(18-26-55)31-35-101-83(97)47(9)10)41-59-68-60(78(90)86(77(59)89)62(80(93)94)38-44(3)4)42-66(106-56-27-19-52(20-28-56)32-36-102-84(98)48(11)12)72(74(68)71)70-64(40-58(76(85)88)67(57)73(69)70)104-54-23-15-50(16-24-54)30-34-100-82(96)46(7)8/h13-28,39-44,61-62H,5,7,9,11,29-38H2,1-4,6,8,10,12H3,(H,91,92)(H,93,94). The number of fused-ring (bicyclic) bond motifs is 2. The summed E-state index contributed by atoms with van der Waals surface area (Å²) in [5, 5.41) is 22.6. The van der Waals surface area contributed by atoms with Gasteiger partial charge in [0.15, 0.2) is 0 Å². The van der Waals surface area contributed by atoms with Gasteiger partial charge in [-0.1, -0.05) is 103 Å². The van der Waals surface area contributed by atoms with Crippen molar-refractivity contribution < 1.29 is 96.1 Å². The highest BCUT2D eigenvalue weighted by atomic mass is 16.5. The molecule has 0 aliphatic carbocycles. The summed E-state index contributed by atoms with van der Waals surface area (Å²) in [4.78, 5) is 142. The van der Waals surface area contributed by atoms with Gasteiger partial charge in [0.25, 0.3) is 23.6 Å². The maximum atomic E-state index is 15.9. The maximum absolute atomic E-state index is 15.9. The first kappa shape index (κ1) is 74.7. The van der Waals surface area contributed by atoms with E-state index in [1.54, 1.807) is 125 Å². The Morgan fingerprint density at radius 1 is 0.340 bits per heavy atom. The molecule has 2 unspecified atom stereocenters. The van der Waals surface area contributed by atoms with E-state index in [0.717, 1.165) is 32.1 Å². The van der Waals surface area contributed by atoms with E-state index in [4.69, 9.17) is 37.9 Å². The Labute approximate surface area is 610 Å². The molecule has 0 bridgehead atoms. The predicted molar refractivity (Wildman–Crippen MR) is 394 cm³/mol. The number of imide groups is 2. The Hall–Kier alpha value is -12.5. The van der Waals surface area contributed by atoms with Crippen molar-refractivity contribution in [3.63, 3.8) is 0 Å². The lowest BCUT2D eigenvalue weighted by Crippen LogP contribution is -2.51. The zero-order chi connectivity index (χ0) is 76.3. The number of carbonyl (C=O) groups is 10. The second-order valence-electron chi connectivity index (χ2n) is 27.3. The molecule has 0 fully saturated rings. The highest BCUT2D eigenvalue weighted by molar-refractivity contribution is 6.45. The highest BCUT2D eigenvalue weighted by Crippen LogP contribution is 2.58. The minimum Gasteiger partial charge on any atom is -0.480 e. The average Bonchev–Trinajstić information content (AvgIpc) is 0.671. The third-order valence-corrected chi connectivity index (χ3v) is 18.0. The van der Waals surface area contributed by atoms with Crippen molar-refractivity contribution in [3.8, 4) is 46.0 Å². The van der Waals surface area contributed by atoms with E-state index >= 15 is 19.2 Å². The number of rotatable bonds is 32. The lowest BCUT2D eigenvalue weighted by Gasteiger charge is -2.35. The number of nitrogens with zero attached hydrogens (tertiary/aromatic N) is 2. The van der Waals surface area contributed by atoms with Crippen LogP contribution >= 0.6 is 0 Å². The summed E-state index contributed by atoms with van der Waals surface area (Å²) in [5.41, 5.74) is 3.02. The van der Waals surface area contributed by atoms with Crippen LogP contribution in [0.1, 0.15) is 132 Å². The largest absolute Gasteiger partial charge is 0.480 e. The number of hydrogen-bond acceptors (Lipinski definition) is 18. The van der Waals surface area contributed by atoms with E-state index in [1.807, 2.05) is 0 Å². The van der Waals surface area contributed by atoms with Crippen LogP contribution in [-0.2, 0) is 73.4 Å². The van der Waals surface area contributed by atoms with Crippen LogP contribution in [0.25, 0.3) is 43.1 Å². The summed E-state index contributed by atoms with van der Waals surface area (Å²) >= 11 is 0. The molecule has 2 atom stereocenters. The third-order valence-electron chi connectivity index (χ3n) is 18.0. The monoisotopic (exact) mass is 1430 g/mol. The molecule has 9 aromatic carbocycles. The quantitative estimate of drug-likeness (QED) is 0.00989. The lowest BCUT2D eigenvalue weighted by molar-refractivity contribution is -0.143. The molecule has 0 saturated heterocycles. The van der Waals surface area contributed by atoms with Gasteiger partial charge in [0.1, 0.15) is 58.1 Å². The summed E-state index contributed by atoms with van der Waals surface area (Å²) in [6.07, 6.45) is 0.810. The van der Waals surface area contributed by atoms with Crippen LogP contribution in [0.2, 0.25) is 0 Å². The molecule has 0 saturated carbocycles. The molecule has 0 aromatic heterocycles. The summed E-state index contributed by atoms with van der Waals surface area (Å²) in [7, 11) is 0. The molecule has 2 N–H and O–H groups in total. The smallest absolute Gasteiger partial charge is 0.333 e. The SMILES string of the molecule is C=C(C)C(=O)OCCc1ccc(Oc2cc3c4c(cc(Oc5ccc(CCOC(=O)C(=C)C)cc5)c5c6c(Oc7ccc(CCOC(=O)C(=C)C)cc7)cc7c8c(cc(Oc9ccc(CCOC(=O)C(=C)C)cc9)c(c2c45)c86)C(=O)N(C(CC(C)C)C(=O)O)C7=O)C(=O)N(C(CC(C)C)C(=O)O)C3=O)cc1. The second kappa shape index (κ2) is 31.2. The van der Waals surface area contributed by atoms with Gasteiger partial charge in [0, 0.05) is 91.1 Å². The molecule has 544 valence electrons. The van der Waals surface area contributed by atoms with E-state index in [9.17, 15) is 39.0 Å². The molecule has 2 aliphatic rings. The number of ether oxygens (including phenoxy) is 8. The Kier molecular flexibility index (Phi) is 22.0. The Morgan fingerprint density at radius 2 is 0.547 bits per heavy atom. The zero-order valence-electron chi connectivity index (χ0n) is 59.9. The van der Waals surface area contributed by atoms with Crippen molar-refractivity contribution in [2.24, 2.45) is 11.8 Å². The molecular formula is C84H78N2O20. The van der Waals surface area contributed by atoms with Crippen molar-refractivity contribution in [2.75, 3.05) is 26.4 Å². The van der Waals surface area contributed by atoms with Gasteiger partial charge in [0.05, 0.1) is 48.7 Å². The zero-order valence-corrected chi connectivity index (χ0v) is 59.9. The fourth-order valence-electron chi connectivity index (χ4n) is 12.9. The number of carbonyl (C=O) groups excluding carboxylic acids is 8. The fraction of sp³-hybridized carbons (Fsp3) is 0.262. The van der Waals surface area contributed by atoms with Crippen LogP contribution < -0.4 is 18.9 Å². The van der Waals surface area contributed by atoms with Crippen LogP contribution in [-0.4, -0.2) is 118 Å². The van der Waals surface area contributed by atoms with E-state index in [2.05, 4.69) is 26.3 Å². The molecule has 22 nitrogen and oxygen atoms in total. The molecule has 106 heavy (non-hydrogen) atoms. The lowest BCUT2D eigenvalue weighted by atomic mass is 9.80. The van der Waals surface area contributed by atoms with E-state index in [0.29, 0.717) is 0 Å². The number of esters is 4. The maximum Gasteiger partial charge on any atom is 0.333 e. The molecular weight excluding hydrogens is 1360 g/mol. The van der Waals surface area contributed by atoms with Gasteiger partial charge >= 0.3 is 35.8 Å². The topological polar surface area (TPSA) is 291 Å². The summed E-state index contributed by atoms with van der Waals surface area (Å²) in [6, 6.07) is 29.2. The number of hydrogen-bond donors (Lipinski definition) is 2. The summed E-state index contributed by atoms with van der Waals surface area (Å²) in [5.74, 6) is -9.63. The first-order valence-electron chi connectivity index (χ1n) is 34.4. The number of carboxylic acid groups (broad SMARTS) is 2. The molecule has 9 aromatic rings. The molecule has 2 aliphatic heterocycles. The van der Waals surface area contributed by atoms with Crippen LogP contribution in [0.5, 0.6) is 46.0 Å². The van der Waals surface area contributed by atoms with Gasteiger partial charge in [-0.3, -0.25) is 29.0 Å². The van der Waals surface area contributed by atoms with Gasteiger partial charge in [-0.15, -0.1) is 0 Å². The van der Waals surface area contributed by atoms with Gasteiger partial charge in [-0.05, 0) is 147 Å². The molecule has 11 rings (SSSR count). The number of benzene rings is 9. The van der Waals surface area contributed by atoms with E-state index in [1.165, 1.54) is 52.0 Å². The van der Waals surface area contributed by atoms with Crippen molar-refractivity contribution in [1.82, 2.24) is 9.80 Å². The van der Waals surface area contributed by atoms with Crippen LogP contribution in [0.3, 0.4) is 0 Å². The molecule has 0 spiro atoms. The van der Waals surface area contributed by atoms with Gasteiger partial charge in [0.2, 0.25) is 0 Å². The summed E-state index contributed by atoms with van der Waals surface area (Å²) < 4.78 is 50.1. The average molecular weight is 1440 g/mol. The van der Waals surface area contributed by atoms with E-state index in [-0.39, 0.29) is 210 Å². The normalized spacial score (nSPS) is 13.1.